The van der Waals surface area contributed by atoms with Gasteiger partial charge in [-0.25, -0.2) is 0 Å². The Morgan fingerprint density at radius 1 is 1.12 bits per heavy atom. The summed E-state index contributed by atoms with van der Waals surface area (Å²) in [6.07, 6.45) is 15.2. The monoisotopic (exact) mass is 208 g/mol. The molecule has 2 rings (SSSR count). The molecule has 1 aliphatic carbocycles. The highest BCUT2D eigenvalue weighted by Crippen LogP contribution is 2.31. The van der Waals surface area contributed by atoms with Gasteiger partial charge in [0.25, 0.3) is 0 Å². The van der Waals surface area contributed by atoms with Crippen molar-refractivity contribution in [2.24, 2.45) is 0 Å². The maximum absolute atomic E-state index is 5.60. The average Bonchev–Trinajstić information content (AvgIpc) is 2.31. The fraction of sp³-hybridized carbons (Fsp3) is 0.250. The fourth-order valence-corrected chi connectivity index (χ4v) is 2.21. The topological polar surface area (TPSA) is 0 Å². The number of hydrogen-bond donors (Lipinski definition) is 0. The third-order valence-electron chi connectivity index (χ3n) is 3.11. The first kappa shape index (κ1) is 10.8. The van der Waals surface area contributed by atoms with Crippen LogP contribution in [0.4, 0.5) is 0 Å². The molecule has 80 valence electrons. The molecule has 2 atom stereocenters. The van der Waals surface area contributed by atoms with Crippen molar-refractivity contribution >= 4 is 0 Å². The quantitative estimate of drug-likeness (QED) is 0.611. The van der Waals surface area contributed by atoms with Gasteiger partial charge >= 0.3 is 0 Å². The van der Waals surface area contributed by atoms with E-state index in [4.69, 9.17) is 6.42 Å². The lowest BCUT2D eigenvalue weighted by Crippen LogP contribution is -2.04. The second kappa shape index (κ2) is 4.86. The van der Waals surface area contributed by atoms with E-state index in [1.807, 2.05) is 0 Å². The lowest BCUT2D eigenvalue weighted by Gasteiger charge is -2.19. The first-order valence-electron chi connectivity index (χ1n) is 5.76. The maximum Gasteiger partial charge on any atom is 0.0636 e. The Morgan fingerprint density at radius 3 is 2.50 bits per heavy atom. The second-order valence-corrected chi connectivity index (χ2v) is 4.06. The molecular formula is C16H16. The fourth-order valence-electron chi connectivity index (χ4n) is 2.21. The van der Waals surface area contributed by atoms with Crippen molar-refractivity contribution in [3.63, 3.8) is 0 Å². The van der Waals surface area contributed by atoms with Gasteiger partial charge in [-0.3, -0.25) is 0 Å². The normalized spacial score (nSPS) is 27.0. The van der Waals surface area contributed by atoms with Gasteiger partial charge in [-0.15, -0.1) is 6.42 Å². The van der Waals surface area contributed by atoms with E-state index < -0.39 is 0 Å². The van der Waals surface area contributed by atoms with Gasteiger partial charge in [0, 0.05) is 5.92 Å². The van der Waals surface area contributed by atoms with Crippen LogP contribution in [0.3, 0.4) is 0 Å². The van der Waals surface area contributed by atoms with Gasteiger partial charge in [0.05, 0.1) is 5.92 Å². The highest BCUT2D eigenvalue weighted by molar-refractivity contribution is 5.43. The minimum Gasteiger partial charge on any atom is -0.119 e. The first-order chi connectivity index (χ1) is 7.86. The van der Waals surface area contributed by atoms with Crippen LogP contribution in [0.15, 0.2) is 48.6 Å². The van der Waals surface area contributed by atoms with Gasteiger partial charge in [-0.05, 0) is 17.5 Å². The summed E-state index contributed by atoms with van der Waals surface area (Å²) >= 11 is 0. The molecule has 0 heterocycles. The van der Waals surface area contributed by atoms with E-state index in [0.717, 1.165) is 6.42 Å². The van der Waals surface area contributed by atoms with E-state index in [1.165, 1.54) is 11.1 Å². The SMILES string of the molecule is C#CC1/C=C\C=C/C(CC)c2ccccc21. The Hall–Kier alpha value is -1.74. The number of benzene rings is 1. The van der Waals surface area contributed by atoms with Crippen LogP contribution >= 0.6 is 0 Å². The highest BCUT2D eigenvalue weighted by atomic mass is 14.2. The molecule has 0 radical (unpaired) electrons. The van der Waals surface area contributed by atoms with Crippen LogP contribution in [0.2, 0.25) is 0 Å². The molecule has 0 aliphatic heterocycles. The number of fused-ring (bicyclic) bond motifs is 1. The average molecular weight is 208 g/mol. The third kappa shape index (κ3) is 1.95. The minimum absolute atomic E-state index is 0.107. The number of rotatable bonds is 1. The van der Waals surface area contributed by atoms with Crippen molar-refractivity contribution < 1.29 is 0 Å². The summed E-state index contributed by atoms with van der Waals surface area (Å²) in [7, 11) is 0. The summed E-state index contributed by atoms with van der Waals surface area (Å²) in [6.45, 7) is 2.21. The number of terminal acetylenes is 1. The molecule has 0 bridgehead atoms. The van der Waals surface area contributed by atoms with Crippen LogP contribution in [-0.4, -0.2) is 0 Å². The van der Waals surface area contributed by atoms with E-state index in [1.54, 1.807) is 0 Å². The lowest BCUT2D eigenvalue weighted by atomic mass is 9.84. The highest BCUT2D eigenvalue weighted by Gasteiger charge is 2.15. The van der Waals surface area contributed by atoms with Crippen molar-refractivity contribution in [2.75, 3.05) is 0 Å². The third-order valence-corrected chi connectivity index (χ3v) is 3.11. The summed E-state index contributed by atoms with van der Waals surface area (Å²) in [6, 6.07) is 8.49. The summed E-state index contributed by atoms with van der Waals surface area (Å²) in [5, 5.41) is 0. The van der Waals surface area contributed by atoms with E-state index in [-0.39, 0.29) is 5.92 Å². The maximum atomic E-state index is 5.60. The van der Waals surface area contributed by atoms with Crippen LogP contribution in [0.25, 0.3) is 0 Å². The Labute approximate surface area is 97.7 Å². The van der Waals surface area contributed by atoms with Crippen LogP contribution in [0.5, 0.6) is 0 Å². The molecule has 2 unspecified atom stereocenters. The van der Waals surface area contributed by atoms with Gasteiger partial charge in [0.1, 0.15) is 0 Å². The molecule has 0 nitrogen and oxygen atoms in total. The van der Waals surface area contributed by atoms with Gasteiger partial charge in [0.2, 0.25) is 0 Å². The molecule has 0 saturated heterocycles. The molecule has 0 aromatic heterocycles. The van der Waals surface area contributed by atoms with Crippen molar-refractivity contribution in [3.05, 3.63) is 59.7 Å². The van der Waals surface area contributed by atoms with Crippen molar-refractivity contribution in [2.45, 2.75) is 25.2 Å². The second-order valence-electron chi connectivity index (χ2n) is 4.06. The molecule has 0 spiro atoms. The van der Waals surface area contributed by atoms with Crippen molar-refractivity contribution in [3.8, 4) is 12.3 Å². The van der Waals surface area contributed by atoms with Gasteiger partial charge in [0.15, 0.2) is 0 Å². The molecule has 0 heteroatoms. The largest absolute Gasteiger partial charge is 0.119 e. The smallest absolute Gasteiger partial charge is 0.0636 e. The molecule has 0 fully saturated rings. The van der Waals surface area contributed by atoms with Crippen LogP contribution < -0.4 is 0 Å². The molecule has 1 aliphatic rings. The zero-order chi connectivity index (χ0) is 11.4. The molecule has 0 N–H and O–H groups in total. The van der Waals surface area contributed by atoms with Gasteiger partial charge in [-0.1, -0.05) is 61.4 Å². The summed E-state index contributed by atoms with van der Waals surface area (Å²) < 4.78 is 0. The van der Waals surface area contributed by atoms with E-state index >= 15 is 0 Å². The molecule has 0 amide bonds. The molecule has 16 heavy (non-hydrogen) atoms. The number of allylic oxidation sites excluding steroid dienone is 4. The van der Waals surface area contributed by atoms with E-state index in [0.29, 0.717) is 5.92 Å². The van der Waals surface area contributed by atoms with Crippen LogP contribution in [-0.2, 0) is 0 Å². The minimum atomic E-state index is 0.107. The first-order valence-corrected chi connectivity index (χ1v) is 5.76. The van der Waals surface area contributed by atoms with E-state index in [9.17, 15) is 0 Å². The Balaban J connectivity index is 2.57. The van der Waals surface area contributed by atoms with Gasteiger partial charge in [-0.2, -0.15) is 0 Å². The van der Waals surface area contributed by atoms with Crippen LogP contribution in [0.1, 0.15) is 36.3 Å². The van der Waals surface area contributed by atoms with E-state index in [2.05, 4.69) is 61.4 Å². The standard InChI is InChI=1S/C16H16/c1-3-13-9-5-6-10-14(4-2)16-12-8-7-11-15(13)16/h1,5-14H,4H2,2H3/b9-5-,10-6-. The zero-order valence-corrected chi connectivity index (χ0v) is 9.56. The lowest BCUT2D eigenvalue weighted by molar-refractivity contribution is 0.788. The Bertz CT molecular complexity index is 457. The molecule has 0 saturated carbocycles. The molecular weight excluding hydrogens is 192 g/mol. The number of hydrogen-bond acceptors (Lipinski definition) is 0. The Kier molecular flexibility index (Phi) is 3.27. The Morgan fingerprint density at radius 2 is 1.81 bits per heavy atom. The zero-order valence-electron chi connectivity index (χ0n) is 9.56. The summed E-state index contributed by atoms with van der Waals surface area (Å²) in [4.78, 5) is 0. The van der Waals surface area contributed by atoms with Crippen molar-refractivity contribution in [1.82, 2.24) is 0 Å². The van der Waals surface area contributed by atoms with Crippen molar-refractivity contribution in [1.29, 1.82) is 0 Å². The molecule has 1 aromatic carbocycles. The summed E-state index contributed by atoms with van der Waals surface area (Å²) in [5.74, 6) is 3.44. The summed E-state index contributed by atoms with van der Waals surface area (Å²) in [5.41, 5.74) is 2.64. The predicted octanol–water partition coefficient (Wildman–Crippen LogP) is 4.02. The van der Waals surface area contributed by atoms with Gasteiger partial charge < -0.3 is 0 Å². The predicted molar refractivity (Wildman–Crippen MR) is 69.3 cm³/mol. The van der Waals surface area contributed by atoms with Crippen LogP contribution in [0, 0.1) is 12.3 Å². The molecule has 1 aromatic rings.